The van der Waals surface area contributed by atoms with E-state index in [9.17, 15) is 0 Å². The summed E-state index contributed by atoms with van der Waals surface area (Å²) in [5.74, 6) is 0. The van der Waals surface area contributed by atoms with Crippen molar-refractivity contribution < 1.29 is 18.9 Å². The lowest BCUT2D eigenvalue weighted by Gasteiger charge is -2.29. The molecule has 17 heavy (non-hydrogen) atoms. The summed E-state index contributed by atoms with van der Waals surface area (Å²) < 4.78 is 22.0. The van der Waals surface area contributed by atoms with Crippen molar-refractivity contribution in [3.8, 4) is 0 Å². The molecule has 2 aliphatic rings. The molecular weight excluding hydrogens is 220 g/mol. The zero-order valence-electron chi connectivity index (χ0n) is 9.58. The molecule has 0 bridgehead atoms. The molecule has 0 amide bonds. The molecule has 92 valence electrons. The fraction of sp³-hybridized carbons (Fsp3) is 0.538. The van der Waals surface area contributed by atoms with Gasteiger partial charge in [0.15, 0.2) is 6.29 Å². The molecule has 4 nitrogen and oxygen atoms in total. The van der Waals surface area contributed by atoms with Crippen LogP contribution in [0.4, 0.5) is 0 Å². The maximum absolute atomic E-state index is 5.64. The van der Waals surface area contributed by atoms with Crippen LogP contribution in [-0.4, -0.2) is 38.6 Å². The van der Waals surface area contributed by atoms with E-state index in [1.54, 1.807) is 0 Å². The average molecular weight is 236 g/mol. The van der Waals surface area contributed by atoms with Gasteiger partial charge in [0.25, 0.3) is 0 Å². The van der Waals surface area contributed by atoms with Crippen molar-refractivity contribution in [1.82, 2.24) is 0 Å². The lowest BCUT2D eigenvalue weighted by molar-refractivity contribution is -0.231. The zero-order chi connectivity index (χ0) is 11.5. The van der Waals surface area contributed by atoms with Gasteiger partial charge in [-0.05, 0) is 0 Å². The first-order valence-corrected chi connectivity index (χ1v) is 5.93. The molecule has 1 atom stereocenters. The van der Waals surface area contributed by atoms with E-state index in [1.165, 1.54) is 0 Å². The van der Waals surface area contributed by atoms with Gasteiger partial charge in [0.1, 0.15) is 12.2 Å². The zero-order valence-corrected chi connectivity index (χ0v) is 9.58. The molecule has 1 aromatic carbocycles. The summed E-state index contributed by atoms with van der Waals surface area (Å²) in [7, 11) is 0. The first-order valence-electron chi connectivity index (χ1n) is 5.93. The number of rotatable bonds is 4. The number of epoxide rings is 1. The van der Waals surface area contributed by atoms with E-state index in [-0.39, 0.29) is 12.4 Å². The molecule has 2 heterocycles. The van der Waals surface area contributed by atoms with Crippen LogP contribution in [0.1, 0.15) is 11.9 Å². The maximum Gasteiger partial charge on any atom is 0.184 e. The van der Waals surface area contributed by atoms with E-state index in [0.29, 0.717) is 25.9 Å². The van der Waals surface area contributed by atoms with Gasteiger partial charge in [-0.1, -0.05) is 30.3 Å². The van der Waals surface area contributed by atoms with Crippen LogP contribution in [0.3, 0.4) is 0 Å². The molecule has 0 N–H and O–H groups in total. The summed E-state index contributed by atoms with van der Waals surface area (Å²) in [6.07, 6.45) is 0.0641. The molecule has 2 fully saturated rings. The van der Waals surface area contributed by atoms with Crippen molar-refractivity contribution in [3.05, 3.63) is 35.9 Å². The Kier molecular flexibility index (Phi) is 3.38. The van der Waals surface area contributed by atoms with Crippen LogP contribution in [0, 0.1) is 0 Å². The largest absolute Gasteiger partial charge is 0.371 e. The third-order valence-corrected chi connectivity index (χ3v) is 2.86. The number of benzene rings is 1. The normalized spacial score (nSPS) is 32.4. The second-order valence-corrected chi connectivity index (χ2v) is 4.32. The van der Waals surface area contributed by atoms with Gasteiger partial charge in [0.2, 0.25) is 0 Å². The number of hydrogen-bond acceptors (Lipinski definition) is 4. The summed E-state index contributed by atoms with van der Waals surface area (Å²) in [6.45, 7) is 2.62. The molecular formula is C13H16O4. The number of ether oxygens (including phenoxy) is 4. The summed E-state index contributed by atoms with van der Waals surface area (Å²) in [4.78, 5) is 0. The van der Waals surface area contributed by atoms with Gasteiger partial charge in [-0.25, -0.2) is 0 Å². The summed E-state index contributed by atoms with van der Waals surface area (Å²) in [6, 6.07) is 9.95. The van der Waals surface area contributed by atoms with E-state index in [4.69, 9.17) is 18.9 Å². The van der Waals surface area contributed by atoms with Crippen molar-refractivity contribution in [2.24, 2.45) is 0 Å². The van der Waals surface area contributed by atoms with Gasteiger partial charge in [-0.2, -0.15) is 0 Å². The van der Waals surface area contributed by atoms with Crippen LogP contribution in [0.25, 0.3) is 0 Å². The molecule has 1 unspecified atom stereocenters. The predicted molar refractivity (Wildman–Crippen MR) is 60.6 cm³/mol. The molecule has 1 aromatic rings. The highest BCUT2D eigenvalue weighted by Crippen LogP contribution is 2.23. The summed E-state index contributed by atoms with van der Waals surface area (Å²) in [5, 5.41) is 0. The Morgan fingerprint density at radius 3 is 2.35 bits per heavy atom. The molecule has 0 aromatic heterocycles. The van der Waals surface area contributed by atoms with E-state index in [0.717, 1.165) is 12.2 Å². The van der Waals surface area contributed by atoms with Crippen LogP contribution >= 0.6 is 0 Å². The Morgan fingerprint density at radius 1 is 1.00 bits per heavy atom. The first-order chi connectivity index (χ1) is 8.42. The summed E-state index contributed by atoms with van der Waals surface area (Å²) in [5.41, 5.74) is 1.05. The molecule has 4 heteroatoms. The maximum atomic E-state index is 5.64. The molecule has 0 saturated carbocycles. The fourth-order valence-corrected chi connectivity index (χ4v) is 1.79. The topological polar surface area (TPSA) is 40.2 Å². The number of hydrogen-bond donors (Lipinski definition) is 0. The minimum Gasteiger partial charge on any atom is -0.371 e. The Balaban J connectivity index is 1.46. The predicted octanol–water partition coefficient (Wildman–Crippen LogP) is 1.52. The standard InChI is InChI=1S/C13H16O4/c1-2-4-10(5-3-1)13-16-8-12(9-17-13)15-7-11-6-14-11/h1-5,11-13H,6-9H2. The van der Waals surface area contributed by atoms with Crippen LogP contribution < -0.4 is 0 Å². The molecule has 0 aliphatic carbocycles. The molecule has 0 radical (unpaired) electrons. The third-order valence-electron chi connectivity index (χ3n) is 2.86. The van der Waals surface area contributed by atoms with Crippen LogP contribution in [-0.2, 0) is 18.9 Å². The van der Waals surface area contributed by atoms with E-state index in [2.05, 4.69) is 0 Å². The lowest BCUT2D eigenvalue weighted by Crippen LogP contribution is -2.34. The second kappa shape index (κ2) is 5.14. The smallest absolute Gasteiger partial charge is 0.184 e. The molecule has 2 saturated heterocycles. The second-order valence-electron chi connectivity index (χ2n) is 4.32. The molecule has 3 rings (SSSR count). The Bertz CT molecular complexity index is 342. The van der Waals surface area contributed by atoms with E-state index < -0.39 is 0 Å². The van der Waals surface area contributed by atoms with Crippen LogP contribution in [0.2, 0.25) is 0 Å². The van der Waals surface area contributed by atoms with Crippen molar-refractivity contribution in [2.75, 3.05) is 26.4 Å². The highest BCUT2D eigenvalue weighted by Gasteiger charge is 2.28. The minimum atomic E-state index is -0.256. The van der Waals surface area contributed by atoms with Gasteiger partial charge in [0, 0.05) is 5.56 Å². The van der Waals surface area contributed by atoms with E-state index >= 15 is 0 Å². The first kappa shape index (κ1) is 11.2. The van der Waals surface area contributed by atoms with Gasteiger partial charge < -0.3 is 18.9 Å². The fourth-order valence-electron chi connectivity index (χ4n) is 1.79. The van der Waals surface area contributed by atoms with Crippen LogP contribution in [0.5, 0.6) is 0 Å². The SMILES string of the molecule is c1ccc(C2OCC(OCC3CO3)CO2)cc1. The highest BCUT2D eigenvalue weighted by atomic mass is 16.7. The van der Waals surface area contributed by atoms with Gasteiger partial charge in [-0.15, -0.1) is 0 Å². The van der Waals surface area contributed by atoms with Gasteiger partial charge in [0.05, 0.1) is 26.4 Å². The summed E-state index contributed by atoms with van der Waals surface area (Å²) >= 11 is 0. The highest BCUT2D eigenvalue weighted by molar-refractivity contribution is 5.16. The van der Waals surface area contributed by atoms with Crippen molar-refractivity contribution >= 4 is 0 Å². The Labute approximate surface area is 100 Å². The molecule has 2 aliphatic heterocycles. The van der Waals surface area contributed by atoms with Crippen molar-refractivity contribution in [1.29, 1.82) is 0 Å². The Hall–Kier alpha value is -0.940. The van der Waals surface area contributed by atoms with Crippen LogP contribution in [0.15, 0.2) is 30.3 Å². The molecule has 0 spiro atoms. The quantitative estimate of drug-likeness (QED) is 0.743. The van der Waals surface area contributed by atoms with Crippen molar-refractivity contribution in [3.63, 3.8) is 0 Å². The average Bonchev–Trinajstić information content (AvgIpc) is 3.22. The Morgan fingerprint density at radius 2 is 1.71 bits per heavy atom. The minimum absolute atomic E-state index is 0.0270. The lowest BCUT2D eigenvalue weighted by atomic mass is 10.2. The van der Waals surface area contributed by atoms with Gasteiger partial charge in [-0.3, -0.25) is 0 Å². The van der Waals surface area contributed by atoms with Crippen molar-refractivity contribution in [2.45, 2.75) is 18.5 Å². The third kappa shape index (κ3) is 3.04. The van der Waals surface area contributed by atoms with E-state index in [1.807, 2.05) is 30.3 Å². The van der Waals surface area contributed by atoms with Gasteiger partial charge >= 0.3 is 0 Å². The monoisotopic (exact) mass is 236 g/mol.